The van der Waals surface area contributed by atoms with Crippen molar-refractivity contribution in [2.45, 2.75) is 0 Å². The minimum Gasteiger partial charge on any atom is -0.265 e. The summed E-state index contributed by atoms with van der Waals surface area (Å²) < 4.78 is 0. The van der Waals surface area contributed by atoms with Gasteiger partial charge >= 0.3 is 0 Å². The summed E-state index contributed by atoms with van der Waals surface area (Å²) in [4.78, 5) is 4.17. The Morgan fingerprint density at radius 3 is 1.85 bits per heavy atom. The van der Waals surface area contributed by atoms with E-state index in [0.29, 0.717) is 0 Å². The van der Waals surface area contributed by atoms with Crippen molar-refractivity contribution in [2.75, 3.05) is 0 Å². The van der Waals surface area contributed by atoms with Gasteiger partial charge in [0.25, 0.3) is 0 Å². The standard InChI is InChI=1S/C25H19N.BrH/c1-3-9-20(10-4-1)24-14-8-7-13-23(24)19-25(21-11-5-2-6-12-21)22-15-17-26-18-16-22;/h1-19H;1H. The lowest BCUT2D eigenvalue weighted by Gasteiger charge is -2.11. The number of hydrogen-bond donors (Lipinski definition) is 0. The molecule has 0 saturated heterocycles. The van der Waals surface area contributed by atoms with E-state index >= 15 is 0 Å². The summed E-state index contributed by atoms with van der Waals surface area (Å²) in [6.45, 7) is 0. The second kappa shape index (κ2) is 9.11. The predicted octanol–water partition coefficient (Wildman–Crippen LogP) is 6.92. The largest absolute Gasteiger partial charge is 0.265 e. The number of halogens is 1. The number of aromatic nitrogens is 1. The Bertz CT molecular complexity index is 968. The van der Waals surface area contributed by atoms with Crippen LogP contribution in [0, 0.1) is 0 Å². The molecule has 0 bridgehead atoms. The molecule has 0 spiro atoms. The topological polar surface area (TPSA) is 12.9 Å². The molecular weight excluding hydrogens is 394 g/mol. The van der Waals surface area contributed by atoms with Gasteiger partial charge in [-0.15, -0.1) is 17.0 Å². The van der Waals surface area contributed by atoms with Gasteiger partial charge in [0.05, 0.1) is 0 Å². The van der Waals surface area contributed by atoms with Crippen LogP contribution in [0.2, 0.25) is 0 Å². The first-order valence-corrected chi connectivity index (χ1v) is 8.74. The molecule has 1 aromatic heterocycles. The average molecular weight is 414 g/mol. The van der Waals surface area contributed by atoms with E-state index in [1.807, 2.05) is 24.5 Å². The van der Waals surface area contributed by atoms with E-state index in [9.17, 15) is 0 Å². The highest BCUT2D eigenvalue weighted by Gasteiger charge is 2.08. The molecule has 3 aromatic carbocycles. The molecule has 1 nitrogen and oxygen atoms in total. The first kappa shape index (κ1) is 18.8. The Morgan fingerprint density at radius 1 is 0.593 bits per heavy atom. The van der Waals surface area contributed by atoms with Gasteiger partial charge in [0.2, 0.25) is 0 Å². The zero-order valence-corrected chi connectivity index (χ0v) is 16.5. The van der Waals surface area contributed by atoms with Crippen molar-refractivity contribution >= 4 is 28.6 Å². The number of hydrogen-bond acceptors (Lipinski definition) is 1. The summed E-state index contributed by atoms with van der Waals surface area (Å²) in [6.07, 6.45) is 5.96. The van der Waals surface area contributed by atoms with Crippen molar-refractivity contribution < 1.29 is 0 Å². The molecule has 4 aromatic rings. The molecule has 0 atom stereocenters. The number of nitrogens with zero attached hydrogens (tertiary/aromatic N) is 1. The average Bonchev–Trinajstić information content (AvgIpc) is 2.74. The molecule has 27 heavy (non-hydrogen) atoms. The van der Waals surface area contributed by atoms with Gasteiger partial charge in [-0.25, -0.2) is 0 Å². The van der Waals surface area contributed by atoms with Crippen molar-refractivity contribution in [3.8, 4) is 11.1 Å². The molecule has 2 heteroatoms. The Balaban J connectivity index is 0.00000210. The van der Waals surface area contributed by atoms with Gasteiger partial charge in [-0.3, -0.25) is 4.98 Å². The SMILES string of the molecule is Br.C(=C(c1ccccc1)c1ccncc1)c1ccccc1-c1ccccc1. The third-order valence-corrected chi connectivity index (χ3v) is 4.42. The maximum atomic E-state index is 4.17. The molecule has 0 aliphatic rings. The lowest BCUT2D eigenvalue weighted by atomic mass is 9.93. The minimum absolute atomic E-state index is 0. The normalized spacial score (nSPS) is 10.9. The maximum absolute atomic E-state index is 4.17. The molecule has 0 aliphatic carbocycles. The first-order valence-electron chi connectivity index (χ1n) is 8.74. The van der Waals surface area contributed by atoms with Crippen LogP contribution in [0.15, 0.2) is 109 Å². The number of rotatable bonds is 4. The fourth-order valence-corrected chi connectivity index (χ4v) is 3.14. The highest BCUT2D eigenvalue weighted by atomic mass is 79.9. The van der Waals surface area contributed by atoms with Crippen LogP contribution in [-0.4, -0.2) is 4.98 Å². The van der Waals surface area contributed by atoms with E-state index in [2.05, 4.69) is 96.0 Å². The molecule has 0 amide bonds. The van der Waals surface area contributed by atoms with Crippen molar-refractivity contribution in [3.63, 3.8) is 0 Å². The summed E-state index contributed by atoms with van der Waals surface area (Å²) in [5, 5.41) is 0. The van der Waals surface area contributed by atoms with Gasteiger partial charge in [0, 0.05) is 12.4 Å². The maximum Gasteiger partial charge on any atom is 0.0273 e. The molecule has 4 rings (SSSR count). The van der Waals surface area contributed by atoms with E-state index in [-0.39, 0.29) is 17.0 Å². The third-order valence-electron chi connectivity index (χ3n) is 4.42. The fourth-order valence-electron chi connectivity index (χ4n) is 3.14. The van der Waals surface area contributed by atoms with Gasteiger partial charge < -0.3 is 0 Å². The van der Waals surface area contributed by atoms with Crippen LogP contribution in [0.5, 0.6) is 0 Å². The fraction of sp³-hybridized carbons (Fsp3) is 0. The van der Waals surface area contributed by atoms with Crippen LogP contribution in [0.3, 0.4) is 0 Å². The molecule has 0 N–H and O–H groups in total. The minimum atomic E-state index is 0. The molecular formula is C25H20BrN. The molecule has 0 aliphatic heterocycles. The van der Waals surface area contributed by atoms with Crippen LogP contribution < -0.4 is 0 Å². The van der Waals surface area contributed by atoms with Gasteiger partial charge in [-0.1, -0.05) is 84.9 Å². The van der Waals surface area contributed by atoms with Crippen LogP contribution in [0.1, 0.15) is 16.7 Å². The van der Waals surface area contributed by atoms with E-state index in [4.69, 9.17) is 0 Å². The quantitative estimate of drug-likeness (QED) is 0.331. The summed E-state index contributed by atoms with van der Waals surface area (Å²) in [6, 6.07) is 33.7. The first-order chi connectivity index (χ1) is 12.9. The van der Waals surface area contributed by atoms with Crippen LogP contribution in [0.4, 0.5) is 0 Å². The highest BCUT2D eigenvalue weighted by Crippen LogP contribution is 2.30. The molecule has 0 radical (unpaired) electrons. The summed E-state index contributed by atoms with van der Waals surface area (Å²) in [5.74, 6) is 0. The third kappa shape index (κ3) is 4.42. The van der Waals surface area contributed by atoms with Crippen LogP contribution in [-0.2, 0) is 0 Å². The lowest BCUT2D eigenvalue weighted by molar-refractivity contribution is 1.32. The zero-order chi connectivity index (χ0) is 17.6. The van der Waals surface area contributed by atoms with Gasteiger partial charge in [0.1, 0.15) is 0 Å². The van der Waals surface area contributed by atoms with Gasteiger partial charge in [-0.2, -0.15) is 0 Å². The number of pyridine rings is 1. The highest BCUT2D eigenvalue weighted by molar-refractivity contribution is 8.93. The molecule has 0 unspecified atom stereocenters. The van der Waals surface area contributed by atoms with Crippen molar-refractivity contribution in [1.82, 2.24) is 4.98 Å². The molecule has 1 heterocycles. The monoisotopic (exact) mass is 413 g/mol. The summed E-state index contributed by atoms with van der Waals surface area (Å²) in [7, 11) is 0. The van der Waals surface area contributed by atoms with Crippen molar-refractivity contribution in [1.29, 1.82) is 0 Å². The molecule has 0 saturated carbocycles. The summed E-state index contributed by atoms with van der Waals surface area (Å²) >= 11 is 0. The summed E-state index contributed by atoms with van der Waals surface area (Å²) in [5.41, 5.74) is 7.21. The van der Waals surface area contributed by atoms with Crippen LogP contribution in [0.25, 0.3) is 22.8 Å². The van der Waals surface area contributed by atoms with E-state index in [1.165, 1.54) is 27.8 Å². The second-order valence-electron chi connectivity index (χ2n) is 6.11. The van der Waals surface area contributed by atoms with Gasteiger partial charge in [-0.05, 0) is 51.6 Å². The van der Waals surface area contributed by atoms with Crippen LogP contribution >= 0.6 is 17.0 Å². The number of benzene rings is 3. The second-order valence-corrected chi connectivity index (χ2v) is 6.11. The van der Waals surface area contributed by atoms with E-state index in [0.717, 1.165) is 5.56 Å². The van der Waals surface area contributed by atoms with E-state index in [1.54, 1.807) is 0 Å². The van der Waals surface area contributed by atoms with Crippen molar-refractivity contribution in [3.05, 3.63) is 126 Å². The smallest absolute Gasteiger partial charge is 0.0273 e. The Kier molecular flexibility index (Phi) is 6.35. The lowest BCUT2D eigenvalue weighted by Crippen LogP contribution is -1.90. The zero-order valence-electron chi connectivity index (χ0n) is 14.8. The Hall–Kier alpha value is -2.97. The molecule has 0 fully saturated rings. The van der Waals surface area contributed by atoms with Crippen molar-refractivity contribution in [2.24, 2.45) is 0 Å². The predicted molar refractivity (Wildman–Crippen MR) is 120 cm³/mol. The van der Waals surface area contributed by atoms with E-state index < -0.39 is 0 Å². The molecule has 132 valence electrons. The Morgan fingerprint density at radius 2 is 1.15 bits per heavy atom. The Labute approximate surface area is 170 Å². The van der Waals surface area contributed by atoms with Gasteiger partial charge in [0.15, 0.2) is 0 Å².